The molecule has 1 aromatic rings. The first-order chi connectivity index (χ1) is 9.04. The molecule has 0 spiro atoms. The lowest BCUT2D eigenvalue weighted by Gasteiger charge is -2.42. The molecule has 2 N–H and O–H groups in total. The van der Waals surface area contributed by atoms with Gasteiger partial charge in [-0.2, -0.15) is 5.10 Å². The van der Waals surface area contributed by atoms with Crippen molar-refractivity contribution >= 4 is 0 Å². The van der Waals surface area contributed by atoms with Gasteiger partial charge in [0.2, 0.25) is 0 Å². The van der Waals surface area contributed by atoms with Crippen LogP contribution in [0, 0.1) is 5.92 Å². The lowest BCUT2D eigenvalue weighted by Crippen LogP contribution is -2.46. The highest BCUT2D eigenvalue weighted by atomic mass is 15.3. The Morgan fingerprint density at radius 1 is 1.42 bits per heavy atom. The van der Waals surface area contributed by atoms with Crippen LogP contribution in [0.15, 0.2) is 12.4 Å². The fraction of sp³-hybridized carbons (Fsp3) is 0.800. The molecular formula is C15H28N4. The van der Waals surface area contributed by atoms with E-state index in [1.54, 1.807) is 0 Å². The lowest BCUT2D eigenvalue weighted by molar-refractivity contribution is 0.0709. The van der Waals surface area contributed by atoms with E-state index < -0.39 is 0 Å². The summed E-state index contributed by atoms with van der Waals surface area (Å²) in [5.74, 6) is 0.753. The highest BCUT2D eigenvalue weighted by Gasteiger charge is 2.31. The molecule has 0 radical (unpaired) electrons. The monoisotopic (exact) mass is 264 g/mol. The molecule has 1 fully saturated rings. The molecule has 0 amide bonds. The number of piperidine rings is 1. The predicted octanol–water partition coefficient (Wildman–Crippen LogP) is 2.58. The minimum Gasteiger partial charge on any atom is -0.329 e. The van der Waals surface area contributed by atoms with E-state index in [4.69, 9.17) is 5.73 Å². The Balaban J connectivity index is 2.18. The van der Waals surface area contributed by atoms with Gasteiger partial charge in [-0.05, 0) is 46.1 Å². The number of nitrogens with two attached hydrogens (primary N) is 1. The fourth-order valence-electron chi connectivity index (χ4n) is 3.08. The number of hydrogen-bond donors (Lipinski definition) is 1. The van der Waals surface area contributed by atoms with Crippen molar-refractivity contribution in [2.24, 2.45) is 11.7 Å². The van der Waals surface area contributed by atoms with Gasteiger partial charge < -0.3 is 5.73 Å². The van der Waals surface area contributed by atoms with Crippen LogP contribution >= 0.6 is 0 Å². The number of rotatable bonds is 4. The van der Waals surface area contributed by atoms with Crippen molar-refractivity contribution in [3.63, 3.8) is 0 Å². The Kier molecular flexibility index (Phi) is 4.63. The van der Waals surface area contributed by atoms with E-state index >= 15 is 0 Å². The molecule has 19 heavy (non-hydrogen) atoms. The molecule has 3 unspecified atom stereocenters. The molecule has 4 nitrogen and oxygen atoms in total. The summed E-state index contributed by atoms with van der Waals surface area (Å²) >= 11 is 0. The van der Waals surface area contributed by atoms with Crippen LogP contribution < -0.4 is 5.73 Å². The van der Waals surface area contributed by atoms with Crippen molar-refractivity contribution < 1.29 is 0 Å². The zero-order valence-corrected chi connectivity index (χ0v) is 12.7. The summed E-state index contributed by atoms with van der Waals surface area (Å²) < 4.78 is 2.02. The van der Waals surface area contributed by atoms with Crippen molar-refractivity contribution in [2.45, 2.75) is 58.7 Å². The van der Waals surface area contributed by atoms with Gasteiger partial charge in [0.05, 0.1) is 12.2 Å². The minimum atomic E-state index is 0.310. The van der Waals surface area contributed by atoms with Crippen LogP contribution in [-0.2, 0) is 0 Å². The molecule has 1 aliphatic heterocycles. The molecule has 2 heterocycles. The number of nitrogens with zero attached hydrogens (tertiary/aromatic N) is 3. The zero-order valence-electron chi connectivity index (χ0n) is 12.7. The number of aromatic nitrogens is 2. The Bertz CT molecular complexity index is 399. The fourth-order valence-corrected chi connectivity index (χ4v) is 3.08. The van der Waals surface area contributed by atoms with Gasteiger partial charge >= 0.3 is 0 Å². The van der Waals surface area contributed by atoms with Gasteiger partial charge in [0.25, 0.3) is 0 Å². The van der Waals surface area contributed by atoms with Gasteiger partial charge in [0.1, 0.15) is 0 Å². The van der Waals surface area contributed by atoms with E-state index in [0.29, 0.717) is 24.7 Å². The van der Waals surface area contributed by atoms with Crippen LogP contribution in [0.5, 0.6) is 0 Å². The number of likely N-dealkylation sites (tertiary alicyclic amines) is 1. The van der Waals surface area contributed by atoms with Gasteiger partial charge in [0.15, 0.2) is 0 Å². The molecule has 0 bridgehead atoms. The zero-order chi connectivity index (χ0) is 14.0. The third-order valence-corrected chi connectivity index (χ3v) is 4.58. The molecule has 0 aromatic carbocycles. The summed E-state index contributed by atoms with van der Waals surface area (Å²) in [5, 5.41) is 4.46. The quantitative estimate of drug-likeness (QED) is 0.909. The molecule has 1 saturated heterocycles. The van der Waals surface area contributed by atoms with Gasteiger partial charge in [-0.25, -0.2) is 0 Å². The molecule has 0 aliphatic carbocycles. The van der Waals surface area contributed by atoms with Gasteiger partial charge in [-0.15, -0.1) is 0 Å². The Morgan fingerprint density at radius 2 is 2.16 bits per heavy atom. The second kappa shape index (κ2) is 6.06. The standard InChI is InChI=1S/C15H28N4/c1-11(2)19-10-14(9-17-19)15(8-16)18-7-5-6-12(3)13(18)4/h9-13,15H,5-8,16H2,1-4H3. The average Bonchev–Trinajstić information content (AvgIpc) is 2.85. The molecule has 0 saturated carbocycles. The van der Waals surface area contributed by atoms with Gasteiger partial charge in [0, 0.05) is 30.4 Å². The normalized spacial score (nSPS) is 26.8. The third kappa shape index (κ3) is 3.00. The molecule has 108 valence electrons. The summed E-state index contributed by atoms with van der Waals surface area (Å²) in [7, 11) is 0. The molecule has 3 atom stereocenters. The first kappa shape index (κ1) is 14.5. The van der Waals surface area contributed by atoms with Gasteiger partial charge in [-0.3, -0.25) is 9.58 Å². The van der Waals surface area contributed by atoms with Crippen LogP contribution in [0.2, 0.25) is 0 Å². The highest BCUT2D eigenvalue weighted by Crippen LogP contribution is 2.31. The lowest BCUT2D eigenvalue weighted by atomic mass is 9.90. The van der Waals surface area contributed by atoms with Crippen LogP contribution in [0.1, 0.15) is 58.2 Å². The maximum Gasteiger partial charge on any atom is 0.0538 e. The first-order valence-electron chi connectivity index (χ1n) is 7.54. The van der Waals surface area contributed by atoms with Gasteiger partial charge in [-0.1, -0.05) is 6.92 Å². The number of hydrogen-bond acceptors (Lipinski definition) is 3. The summed E-state index contributed by atoms with van der Waals surface area (Å²) in [5.41, 5.74) is 7.31. The Labute approximate surface area is 117 Å². The van der Waals surface area contributed by atoms with E-state index in [1.807, 2.05) is 10.9 Å². The maximum atomic E-state index is 6.05. The van der Waals surface area contributed by atoms with Crippen LogP contribution in [0.3, 0.4) is 0 Å². The van der Waals surface area contributed by atoms with Crippen molar-refractivity contribution in [1.29, 1.82) is 0 Å². The molecular weight excluding hydrogens is 236 g/mol. The van der Waals surface area contributed by atoms with Crippen molar-refractivity contribution in [2.75, 3.05) is 13.1 Å². The van der Waals surface area contributed by atoms with Crippen molar-refractivity contribution in [1.82, 2.24) is 14.7 Å². The SMILES string of the molecule is CC1CCCN(C(CN)c2cnn(C(C)C)c2)C1C. The topological polar surface area (TPSA) is 47.1 Å². The maximum absolute atomic E-state index is 6.05. The molecule has 1 aromatic heterocycles. The Morgan fingerprint density at radius 3 is 2.74 bits per heavy atom. The average molecular weight is 264 g/mol. The summed E-state index contributed by atoms with van der Waals surface area (Å²) in [6.45, 7) is 10.8. The highest BCUT2D eigenvalue weighted by molar-refractivity contribution is 5.12. The van der Waals surface area contributed by atoms with E-state index in [1.165, 1.54) is 18.4 Å². The van der Waals surface area contributed by atoms with E-state index in [-0.39, 0.29) is 0 Å². The van der Waals surface area contributed by atoms with Crippen LogP contribution in [0.25, 0.3) is 0 Å². The molecule has 1 aliphatic rings. The Hall–Kier alpha value is -0.870. The van der Waals surface area contributed by atoms with Crippen LogP contribution in [-0.4, -0.2) is 33.8 Å². The van der Waals surface area contributed by atoms with Crippen molar-refractivity contribution in [3.8, 4) is 0 Å². The van der Waals surface area contributed by atoms with Crippen LogP contribution in [0.4, 0.5) is 0 Å². The van der Waals surface area contributed by atoms with E-state index in [9.17, 15) is 0 Å². The van der Waals surface area contributed by atoms with E-state index in [0.717, 1.165) is 12.5 Å². The largest absolute Gasteiger partial charge is 0.329 e. The molecule has 2 rings (SSSR count). The summed E-state index contributed by atoms with van der Waals surface area (Å²) in [6, 6.07) is 1.32. The first-order valence-corrected chi connectivity index (χ1v) is 7.54. The van der Waals surface area contributed by atoms with E-state index in [2.05, 4.69) is 43.9 Å². The smallest absolute Gasteiger partial charge is 0.0538 e. The van der Waals surface area contributed by atoms with Crippen molar-refractivity contribution in [3.05, 3.63) is 18.0 Å². The second-order valence-electron chi connectivity index (χ2n) is 6.20. The predicted molar refractivity (Wildman–Crippen MR) is 79.0 cm³/mol. The summed E-state index contributed by atoms with van der Waals surface area (Å²) in [6.07, 6.45) is 6.76. The second-order valence-corrected chi connectivity index (χ2v) is 6.20. The summed E-state index contributed by atoms with van der Waals surface area (Å²) in [4.78, 5) is 2.57. The minimum absolute atomic E-state index is 0.310. The third-order valence-electron chi connectivity index (χ3n) is 4.58. The molecule has 4 heteroatoms.